The Balaban J connectivity index is 4.59. The lowest BCUT2D eigenvalue weighted by Crippen LogP contribution is -2.24. The minimum atomic E-state index is -1.29. The summed E-state index contributed by atoms with van der Waals surface area (Å²) in [6.07, 6.45) is -1.65. The van der Waals surface area contributed by atoms with E-state index in [1.54, 1.807) is 0 Å². The van der Waals surface area contributed by atoms with Gasteiger partial charge >= 0.3 is 0 Å². The third-order valence-corrected chi connectivity index (χ3v) is 1.95. The molecule has 0 aromatic rings. The first-order valence-corrected chi connectivity index (χ1v) is 4.69. The fraction of sp³-hybridized carbons (Fsp3) is 0.800. The van der Waals surface area contributed by atoms with Crippen molar-refractivity contribution < 1.29 is 14.2 Å². The second kappa shape index (κ2) is 5.97. The van der Waals surface area contributed by atoms with E-state index in [-0.39, 0.29) is 0 Å². The molecule has 0 aromatic heterocycles. The Hall–Kier alpha value is -0.570. The molecule has 0 fully saturated rings. The van der Waals surface area contributed by atoms with Crippen LogP contribution in [-0.4, -0.2) is 24.0 Å². The Bertz CT molecular complexity index is 176. The summed E-state index contributed by atoms with van der Waals surface area (Å²) in [7, 11) is 0. The van der Waals surface area contributed by atoms with Crippen LogP contribution < -0.4 is 0 Å². The van der Waals surface area contributed by atoms with Crippen molar-refractivity contribution in [3.8, 4) is 0 Å². The van der Waals surface area contributed by atoms with Crippen LogP contribution in [0.15, 0.2) is 11.3 Å². The maximum atomic E-state index is 12.8. The van der Waals surface area contributed by atoms with E-state index in [4.69, 9.17) is 4.74 Å². The van der Waals surface area contributed by atoms with Gasteiger partial charge in [-0.2, -0.15) is 0 Å². The Morgan fingerprint density at radius 2 is 2.00 bits per heavy atom. The third-order valence-electron chi connectivity index (χ3n) is 1.95. The van der Waals surface area contributed by atoms with Crippen molar-refractivity contribution in [2.75, 3.05) is 6.61 Å². The standard InChI is InChI=1S/C10H19FO2/c1-5-7(3)10(13-6-2)9(12)8(4)11/h8-9,12H,5-6H2,1-4H3/b10-7-. The van der Waals surface area contributed by atoms with Crippen LogP contribution in [0.3, 0.4) is 0 Å². The second-order valence-electron chi connectivity index (χ2n) is 3.05. The molecule has 0 aliphatic heterocycles. The van der Waals surface area contributed by atoms with Crippen molar-refractivity contribution in [1.82, 2.24) is 0 Å². The summed E-state index contributed by atoms with van der Waals surface area (Å²) in [4.78, 5) is 0. The first-order valence-electron chi connectivity index (χ1n) is 4.69. The molecule has 0 spiro atoms. The predicted molar refractivity (Wildman–Crippen MR) is 51.2 cm³/mol. The fourth-order valence-electron chi connectivity index (χ4n) is 0.999. The van der Waals surface area contributed by atoms with Gasteiger partial charge < -0.3 is 9.84 Å². The SMILES string of the molecule is CCO/C(=C(/C)CC)C(O)C(C)F. The van der Waals surface area contributed by atoms with Crippen LogP contribution in [0.1, 0.15) is 34.1 Å². The van der Waals surface area contributed by atoms with Crippen LogP contribution >= 0.6 is 0 Å². The van der Waals surface area contributed by atoms with E-state index in [2.05, 4.69) is 0 Å². The molecule has 13 heavy (non-hydrogen) atoms. The summed E-state index contributed by atoms with van der Waals surface area (Å²) in [6, 6.07) is 0. The van der Waals surface area contributed by atoms with Crippen LogP contribution in [0.4, 0.5) is 4.39 Å². The quantitative estimate of drug-likeness (QED) is 0.675. The molecular weight excluding hydrogens is 171 g/mol. The Morgan fingerprint density at radius 3 is 2.31 bits per heavy atom. The molecule has 3 heteroatoms. The Kier molecular flexibility index (Phi) is 5.71. The van der Waals surface area contributed by atoms with Gasteiger partial charge in [0.1, 0.15) is 18.0 Å². The minimum absolute atomic E-state index is 0.389. The molecular formula is C10H19FO2. The molecule has 0 bridgehead atoms. The van der Waals surface area contributed by atoms with Gasteiger partial charge in [-0.05, 0) is 32.8 Å². The lowest BCUT2D eigenvalue weighted by molar-refractivity contribution is 0.0526. The van der Waals surface area contributed by atoms with E-state index in [9.17, 15) is 9.50 Å². The number of aliphatic hydroxyl groups is 1. The monoisotopic (exact) mass is 190 g/mol. The third kappa shape index (κ3) is 3.77. The number of rotatable bonds is 5. The number of aliphatic hydroxyl groups excluding tert-OH is 1. The molecule has 0 saturated heterocycles. The Morgan fingerprint density at radius 1 is 1.46 bits per heavy atom. The van der Waals surface area contributed by atoms with Crippen molar-refractivity contribution in [2.45, 2.75) is 46.4 Å². The number of allylic oxidation sites excluding steroid dienone is 1. The minimum Gasteiger partial charge on any atom is -0.495 e. The Labute approximate surface area is 79.4 Å². The van der Waals surface area contributed by atoms with Crippen molar-refractivity contribution in [1.29, 1.82) is 0 Å². The molecule has 0 aliphatic carbocycles. The maximum Gasteiger partial charge on any atom is 0.142 e. The molecule has 2 atom stereocenters. The van der Waals surface area contributed by atoms with Crippen LogP contribution in [0.25, 0.3) is 0 Å². The van der Waals surface area contributed by atoms with Crippen molar-refractivity contribution in [3.63, 3.8) is 0 Å². The first-order chi connectivity index (χ1) is 6.04. The van der Waals surface area contributed by atoms with Crippen LogP contribution in [0.5, 0.6) is 0 Å². The highest BCUT2D eigenvalue weighted by Gasteiger charge is 2.20. The van der Waals surface area contributed by atoms with E-state index in [1.165, 1.54) is 6.92 Å². The highest BCUT2D eigenvalue weighted by Crippen LogP contribution is 2.17. The fourth-order valence-corrected chi connectivity index (χ4v) is 0.999. The molecule has 1 N–H and O–H groups in total. The van der Waals surface area contributed by atoms with Gasteiger partial charge in [0.2, 0.25) is 0 Å². The molecule has 0 rings (SSSR count). The second-order valence-corrected chi connectivity index (χ2v) is 3.05. The van der Waals surface area contributed by atoms with E-state index in [0.717, 1.165) is 12.0 Å². The van der Waals surface area contributed by atoms with Gasteiger partial charge in [-0.25, -0.2) is 4.39 Å². The topological polar surface area (TPSA) is 29.5 Å². The highest BCUT2D eigenvalue weighted by molar-refractivity contribution is 5.11. The zero-order valence-corrected chi connectivity index (χ0v) is 8.80. The van der Waals surface area contributed by atoms with Gasteiger partial charge in [-0.3, -0.25) is 0 Å². The lowest BCUT2D eigenvalue weighted by atomic mass is 10.1. The number of halogens is 1. The predicted octanol–water partition coefficient (Wildman–Crippen LogP) is 2.43. The van der Waals surface area contributed by atoms with E-state index in [1.807, 2.05) is 20.8 Å². The summed E-state index contributed by atoms with van der Waals surface area (Å²) < 4.78 is 18.0. The molecule has 0 aliphatic rings. The van der Waals surface area contributed by atoms with E-state index >= 15 is 0 Å². The number of alkyl halides is 1. The van der Waals surface area contributed by atoms with Gasteiger partial charge in [0.05, 0.1) is 6.61 Å². The van der Waals surface area contributed by atoms with E-state index < -0.39 is 12.3 Å². The molecule has 0 radical (unpaired) electrons. The highest BCUT2D eigenvalue weighted by atomic mass is 19.1. The smallest absolute Gasteiger partial charge is 0.142 e. The van der Waals surface area contributed by atoms with Crippen molar-refractivity contribution in [2.24, 2.45) is 0 Å². The molecule has 78 valence electrons. The summed E-state index contributed by atoms with van der Waals surface area (Å²) >= 11 is 0. The molecule has 0 amide bonds. The van der Waals surface area contributed by atoms with Crippen LogP contribution in [0.2, 0.25) is 0 Å². The summed E-state index contributed by atoms with van der Waals surface area (Å²) in [5.41, 5.74) is 0.902. The lowest BCUT2D eigenvalue weighted by Gasteiger charge is -2.18. The number of hydrogen-bond acceptors (Lipinski definition) is 2. The molecule has 0 aromatic carbocycles. The summed E-state index contributed by atoms with van der Waals surface area (Å²) in [6.45, 7) is 7.39. The largest absolute Gasteiger partial charge is 0.495 e. The molecule has 0 heterocycles. The maximum absolute atomic E-state index is 12.8. The van der Waals surface area contributed by atoms with Gasteiger partial charge in [-0.15, -0.1) is 0 Å². The summed E-state index contributed by atoms with van der Waals surface area (Å²) in [5.74, 6) is 0.389. The van der Waals surface area contributed by atoms with E-state index in [0.29, 0.717) is 12.4 Å². The zero-order chi connectivity index (χ0) is 10.4. The molecule has 0 saturated carbocycles. The summed E-state index contributed by atoms with van der Waals surface area (Å²) in [5, 5.41) is 9.46. The zero-order valence-electron chi connectivity index (χ0n) is 8.80. The van der Waals surface area contributed by atoms with Gasteiger partial charge in [-0.1, -0.05) is 6.92 Å². The average molecular weight is 190 g/mol. The van der Waals surface area contributed by atoms with Crippen molar-refractivity contribution in [3.05, 3.63) is 11.3 Å². The normalized spacial score (nSPS) is 17.7. The first kappa shape index (κ1) is 12.4. The van der Waals surface area contributed by atoms with Gasteiger partial charge in [0, 0.05) is 0 Å². The molecule has 2 nitrogen and oxygen atoms in total. The van der Waals surface area contributed by atoms with Crippen molar-refractivity contribution >= 4 is 0 Å². The number of hydrogen-bond donors (Lipinski definition) is 1. The number of ether oxygens (including phenoxy) is 1. The van der Waals surface area contributed by atoms with Crippen LogP contribution in [-0.2, 0) is 4.74 Å². The van der Waals surface area contributed by atoms with Crippen LogP contribution in [0, 0.1) is 0 Å². The average Bonchev–Trinajstić information content (AvgIpc) is 2.11. The van der Waals surface area contributed by atoms with Gasteiger partial charge in [0.25, 0.3) is 0 Å². The molecule has 2 unspecified atom stereocenters. The van der Waals surface area contributed by atoms with Gasteiger partial charge in [0.15, 0.2) is 0 Å².